The smallest absolute Gasteiger partial charge is 0.271 e. The number of methoxy groups -OCH3 is 1. The lowest BCUT2D eigenvalue weighted by molar-refractivity contribution is 0.0619. The number of piperidine rings is 3. The first-order chi connectivity index (χ1) is 13.2. The summed E-state index contributed by atoms with van der Waals surface area (Å²) in [6.45, 7) is 5.28. The maximum absolute atomic E-state index is 12.9. The van der Waals surface area contributed by atoms with Gasteiger partial charge in [0.15, 0.2) is 0 Å². The Balaban J connectivity index is 1.33. The quantitative estimate of drug-likeness (QED) is 0.874. The molecular weight excluding hydrogens is 360 g/mol. The minimum atomic E-state index is -0.0200. The predicted molar refractivity (Wildman–Crippen MR) is 108 cm³/mol. The number of anilines is 1. The lowest BCUT2D eigenvalue weighted by Gasteiger charge is -2.44. The SMILES string of the molecule is CO[C@H]1CCN(c2ccc3c(C(=O)N[C@H]4CN5CCC4CC5)nsc3c2)C1. The van der Waals surface area contributed by atoms with Crippen molar-refractivity contribution >= 4 is 33.2 Å². The van der Waals surface area contributed by atoms with Crippen LogP contribution in [0.4, 0.5) is 5.69 Å². The molecule has 1 aromatic heterocycles. The van der Waals surface area contributed by atoms with Crippen LogP contribution >= 0.6 is 11.5 Å². The Hall–Kier alpha value is -1.70. The van der Waals surface area contributed by atoms with E-state index < -0.39 is 0 Å². The third-order valence-corrected chi connectivity index (χ3v) is 7.30. The van der Waals surface area contributed by atoms with Gasteiger partial charge in [-0.25, -0.2) is 0 Å². The summed E-state index contributed by atoms with van der Waals surface area (Å²) in [5.41, 5.74) is 1.77. The van der Waals surface area contributed by atoms with Gasteiger partial charge in [-0.05, 0) is 68.0 Å². The molecule has 2 aromatic rings. The lowest BCUT2D eigenvalue weighted by Crippen LogP contribution is -2.57. The zero-order chi connectivity index (χ0) is 18.4. The zero-order valence-electron chi connectivity index (χ0n) is 15.7. The molecule has 0 saturated carbocycles. The number of rotatable bonds is 4. The Bertz CT molecular complexity index is 846. The van der Waals surface area contributed by atoms with Gasteiger partial charge < -0.3 is 19.9 Å². The highest BCUT2D eigenvalue weighted by Crippen LogP contribution is 2.31. The van der Waals surface area contributed by atoms with Crippen molar-refractivity contribution in [2.75, 3.05) is 44.7 Å². The average molecular weight is 387 g/mol. The molecule has 0 radical (unpaired) electrons. The van der Waals surface area contributed by atoms with Gasteiger partial charge in [0.1, 0.15) is 5.69 Å². The summed E-state index contributed by atoms with van der Waals surface area (Å²) in [5, 5.41) is 4.23. The summed E-state index contributed by atoms with van der Waals surface area (Å²) in [7, 11) is 1.78. The van der Waals surface area contributed by atoms with E-state index in [1.807, 2.05) is 0 Å². The molecule has 1 N–H and O–H groups in total. The summed E-state index contributed by atoms with van der Waals surface area (Å²) in [6.07, 6.45) is 3.77. The van der Waals surface area contributed by atoms with E-state index in [0.29, 0.717) is 17.7 Å². The van der Waals surface area contributed by atoms with Crippen molar-refractivity contribution < 1.29 is 9.53 Å². The number of carbonyl (C=O) groups excluding carboxylic acids is 1. The van der Waals surface area contributed by atoms with Crippen molar-refractivity contribution in [3.8, 4) is 0 Å². The molecule has 27 heavy (non-hydrogen) atoms. The number of hydrogen-bond acceptors (Lipinski definition) is 6. The monoisotopic (exact) mass is 386 g/mol. The van der Waals surface area contributed by atoms with Gasteiger partial charge in [-0.15, -0.1) is 0 Å². The second-order valence-electron chi connectivity index (χ2n) is 8.02. The van der Waals surface area contributed by atoms with Gasteiger partial charge in [-0.2, -0.15) is 4.37 Å². The van der Waals surface area contributed by atoms with Gasteiger partial charge in [-0.3, -0.25) is 4.79 Å². The highest BCUT2D eigenvalue weighted by molar-refractivity contribution is 7.13. The highest BCUT2D eigenvalue weighted by Gasteiger charge is 2.35. The number of benzene rings is 1. The summed E-state index contributed by atoms with van der Waals surface area (Å²) < 4.78 is 11.0. The summed E-state index contributed by atoms with van der Waals surface area (Å²) in [4.78, 5) is 17.7. The fraction of sp³-hybridized carbons (Fsp3) is 0.600. The molecule has 5 heterocycles. The normalized spacial score (nSPS) is 30.2. The molecule has 2 bridgehead atoms. The van der Waals surface area contributed by atoms with Crippen LogP contribution < -0.4 is 10.2 Å². The van der Waals surface area contributed by atoms with Crippen LogP contribution in [-0.4, -0.2) is 67.2 Å². The van der Waals surface area contributed by atoms with E-state index in [4.69, 9.17) is 4.74 Å². The zero-order valence-corrected chi connectivity index (χ0v) is 16.5. The molecule has 4 saturated heterocycles. The summed E-state index contributed by atoms with van der Waals surface area (Å²) in [6, 6.07) is 6.60. The van der Waals surface area contributed by atoms with Crippen molar-refractivity contribution in [2.45, 2.75) is 31.4 Å². The molecule has 0 aliphatic carbocycles. The Morgan fingerprint density at radius 2 is 2.07 bits per heavy atom. The Morgan fingerprint density at radius 1 is 1.22 bits per heavy atom. The van der Waals surface area contributed by atoms with Crippen molar-refractivity contribution in [1.82, 2.24) is 14.6 Å². The molecule has 7 heteroatoms. The summed E-state index contributed by atoms with van der Waals surface area (Å²) in [5.74, 6) is 0.604. The van der Waals surface area contributed by atoms with Gasteiger partial charge in [0.25, 0.3) is 5.91 Å². The molecule has 1 amide bonds. The van der Waals surface area contributed by atoms with E-state index in [9.17, 15) is 4.79 Å². The molecule has 6 rings (SSSR count). The molecule has 0 unspecified atom stereocenters. The third-order valence-electron chi connectivity index (χ3n) is 6.49. The van der Waals surface area contributed by atoms with Gasteiger partial charge in [0.05, 0.1) is 10.8 Å². The first-order valence-corrected chi connectivity index (χ1v) is 10.7. The maximum atomic E-state index is 12.9. The number of nitrogens with zero attached hydrogens (tertiary/aromatic N) is 3. The van der Waals surface area contributed by atoms with Gasteiger partial charge in [0, 0.05) is 43.9 Å². The number of ether oxygens (including phenoxy) is 1. The summed E-state index contributed by atoms with van der Waals surface area (Å²) >= 11 is 1.42. The Labute approximate surface area is 163 Å². The van der Waals surface area contributed by atoms with Crippen LogP contribution in [0.5, 0.6) is 0 Å². The minimum Gasteiger partial charge on any atom is -0.380 e. The van der Waals surface area contributed by atoms with Crippen molar-refractivity contribution in [3.63, 3.8) is 0 Å². The number of hydrogen-bond donors (Lipinski definition) is 1. The van der Waals surface area contributed by atoms with Crippen LogP contribution in [0, 0.1) is 5.92 Å². The predicted octanol–water partition coefficient (Wildman–Crippen LogP) is 2.35. The third kappa shape index (κ3) is 3.22. The van der Waals surface area contributed by atoms with E-state index in [1.54, 1.807) is 7.11 Å². The molecule has 0 spiro atoms. The highest BCUT2D eigenvalue weighted by atomic mass is 32.1. The largest absolute Gasteiger partial charge is 0.380 e. The maximum Gasteiger partial charge on any atom is 0.271 e. The topological polar surface area (TPSA) is 57.7 Å². The van der Waals surface area contributed by atoms with Crippen LogP contribution in [0.15, 0.2) is 18.2 Å². The van der Waals surface area contributed by atoms with Crippen LogP contribution in [0.2, 0.25) is 0 Å². The van der Waals surface area contributed by atoms with Crippen LogP contribution in [0.25, 0.3) is 10.1 Å². The van der Waals surface area contributed by atoms with Crippen molar-refractivity contribution in [3.05, 3.63) is 23.9 Å². The van der Waals surface area contributed by atoms with Crippen LogP contribution in [-0.2, 0) is 4.74 Å². The first-order valence-electron chi connectivity index (χ1n) is 9.91. The van der Waals surface area contributed by atoms with Crippen LogP contribution in [0.3, 0.4) is 0 Å². The molecular formula is C20H26N4O2S. The Morgan fingerprint density at radius 3 is 2.78 bits per heavy atom. The standard InChI is InChI=1S/C20H26N4O2S/c1-26-15-6-9-24(11-15)14-2-3-16-18(10-14)27-22-19(16)20(25)21-17-12-23-7-4-13(17)5-8-23/h2-3,10,13,15,17H,4-9,11-12H2,1H3,(H,21,25)/t15-,17-/m0/s1. The average Bonchev–Trinajstić information content (AvgIpc) is 3.35. The second kappa shape index (κ2) is 7.04. The van der Waals surface area contributed by atoms with E-state index in [2.05, 4.69) is 37.7 Å². The molecule has 4 fully saturated rings. The van der Waals surface area contributed by atoms with E-state index in [1.165, 1.54) is 43.2 Å². The van der Waals surface area contributed by atoms with E-state index in [-0.39, 0.29) is 11.9 Å². The number of fused-ring (bicyclic) bond motifs is 4. The van der Waals surface area contributed by atoms with Gasteiger partial charge in [0.2, 0.25) is 0 Å². The molecule has 6 nitrogen and oxygen atoms in total. The molecule has 4 aliphatic heterocycles. The lowest BCUT2D eigenvalue weighted by atomic mass is 9.84. The molecule has 2 atom stereocenters. The molecule has 4 aliphatic rings. The molecule has 1 aromatic carbocycles. The number of carbonyl (C=O) groups is 1. The fourth-order valence-electron chi connectivity index (χ4n) is 4.81. The van der Waals surface area contributed by atoms with Crippen molar-refractivity contribution in [2.24, 2.45) is 5.92 Å². The Kier molecular flexibility index (Phi) is 4.53. The van der Waals surface area contributed by atoms with Crippen LogP contribution in [0.1, 0.15) is 29.8 Å². The number of amides is 1. The first kappa shape index (κ1) is 17.4. The minimum absolute atomic E-state index is 0.0200. The van der Waals surface area contributed by atoms with Gasteiger partial charge in [-0.1, -0.05) is 0 Å². The van der Waals surface area contributed by atoms with E-state index >= 15 is 0 Å². The van der Waals surface area contributed by atoms with E-state index in [0.717, 1.165) is 36.1 Å². The number of aromatic nitrogens is 1. The fourth-order valence-corrected chi connectivity index (χ4v) is 5.61. The van der Waals surface area contributed by atoms with Crippen molar-refractivity contribution in [1.29, 1.82) is 0 Å². The number of nitrogens with one attached hydrogen (secondary N) is 1. The van der Waals surface area contributed by atoms with Gasteiger partial charge >= 0.3 is 0 Å². The molecule has 144 valence electrons. The second-order valence-corrected chi connectivity index (χ2v) is 8.83.